The molecule has 2 nitrogen and oxygen atoms in total. The van der Waals surface area contributed by atoms with Gasteiger partial charge in [0, 0.05) is 52.8 Å². The van der Waals surface area contributed by atoms with Gasteiger partial charge < -0.3 is 10.8 Å². The summed E-state index contributed by atoms with van der Waals surface area (Å²) in [7, 11) is 0. The predicted molar refractivity (Wildman–Crippen MR) is 250 cm³/mol. The van der Waals surface area contributed by atoms with Crippen molar-refractivity contribution in [3.05, 3.63) is 182 Å². The molecule has 0 radical (unpaired) electrons. The van der Waals surface area contributed by atoms with E-state index < -0.39 is 0 Å². The van der Waals surface area contributed by atoms with Gasteiger partial charge in [0.25, 0.3) is 0 Å². The Kier molecular flexibility index (Phi) is 8.18. The van der Waals surface area contributed by atoms with Crippen molar-refractivity contribution < 1.29 is 0 Å². The van der Waals surface area contributed by atoms with Gasteiger partial charge in [0.2, 0.25) is 0 Å². The standard InChI is InChI=1S/C52H34N2S2/c1-3-7-37(29-53)35-15-21-51-47(27-35)45-25-33(13-19-49(45)55-51)31-11-17-41-42-18-12-32(24-44(42)40-10-6-5-9-39(40)43(41)23-31)34-14-20-50-46(26-34)48-28-36(16-22-52(48)56-50)38(30-54)8-4-2/h3-30,53-54H,1-2H2/b37-7+,38-8+,53-29?,54-30?. The van der Waals surface area contributed by atoms with Crippen molar-refractivity contribution in [3.8, 4) is 22.3 Å². The van der Waals surface area contributed by atoms with E-state index in [1.165, 1.54) is 107 Å². The minimum atomic E-state index is 0.848. The lowest BCUT2D eigenvalue weighted by Gasteiger charge is -2.14. The fraction of sp³-hybridized carbons (Fsp3) is 0. The molecular weight excluding hydrogens is 717 g/mol. The van der Waals surface area contributed by atoms with Crippen molar-refractivity contribution in [1.82, 2.24) is 0 Å². The quantitative estimate of drug-likeness (QED) is 0.0883. The largest absolute Gasteiger partial charge is 0.308 e. The first-order chi connectivity index (χ1) is 27.5. The number of nitrogens with one attached hydrogen (secondary N) is 2. The molecule has 0 saturated carbocycles. The van der Waals surface area contributed by atoms with E-state index in [2.05, 4.69) is 147 Å². The Bertz CT molecular complexity index is 3140. The van der Waals surface area contributed by atoms with E-state index >= 15 is 0 Å². The molecule has 8 aromatic carbocycles. The summed E-state index contributed by atoms with van der Waals surface area (Å²) in [6, 6.07) is 49.3. The molecule has 2 N–H and O–H groups in total. The van der Waals surface area contributed by atoms with Crippen LogP contribution in [0.4, 0.5) is 0 Å². The second-order valence-electron chi connectivity index (χ2n) is 14.1. The fourth-order valence-corrected chi connectivity index (χ4v) is 10.4. The van der Waals surface area contributed by atoms with Crippen LogP contribution in [-0.4, -0.2) is 12.4 Å². The minimum Gasteiger partial charge on any atom is -0.308 e. The van der Waals surface area contributed by atoms with Crippen LogP contribution < -0.4 is 0 Å². The molecule has 0 aliphatic rings. The molecule has 0 amide bonds. The highest BCUT2D eigenvalue weighted by Gasteiger charge is 2.15. The lowest BCUT2D eigenvalue weighted by Crippen LogP contribution is -1.87. The summed E-state index contributed by atoms with van der Waals surface area (Å²) in [6.07, 6.45) is 10.0. The zero-order valence-electron chi connectivity index (χ0n) is 30.4. The molecule has 0 fully saturated rings. The van der Waals surface area contributed by atoms with Gasteiger partial charge in [-0.15, -0.1) is 22.7 Å². The summed E-state index contributed by atoms with van der Waals surface area (Å²) in [5, 5.41) is 28.2. The van der Waals surface area contributed by atoms with E-state index in [1.54, 1.807) is 12.2 Å². The Labute approximate surface area is 332 Å². The molecular formula is C52H34N2S2. The number of fused-ring (bicyclic) bond motifs is 12. The second-order valence-corrected chi connectivity index (χ2v) is 16.3. The molecule has 0 aliphatic carbocycles. The third-order valence-electron chi connectivity index (χ3n) is 11.0. The summed E-state index contributed by atoms with van der Waals surface area (Å²) < 4.78 is 5.00. The molecule has 56 heavy (non-hydrogen) atoms. The molecule has 0 spiro atoms. The monoisotopic (exact) mass is 750 g/mol. The van der Waals surface area contributed by atoms with Crippen molar-refractivity contribution in [2.45, 2.75) is 0 Å². The molecule has 0 bridgehead atoms. The van der Waals surface area contributed by atoms with Crippen LogP contribution in [0.3, 0.4) is 0 Å². The molecule has 0 atom stereocenters. The number of rotatable bonds is 8. The smallest absolute Gasteiger partial charge is 0.0355 e. The van der Waals surface area contributed by atoms with Crippen LogP contribution in [0.5, 0.6) is 0 Å². The van der Waals surface area contributed by atoms with Crippen LogP contribution in [0.2, 0.25) is 0 Å². The van der Waals surface area contributed by atoms with Gasteiger partial charge in [0.15, 0.2) is 0 Å². The molecule has 264 valence electrons. The molecule has 2 heterocycles. The van der Waals surface area contributed by atoms with E-state index in [4.69, 9.17) is 10.8 Å². The number of benzene rings is 8. The van der Waals surface area contributed by atoms with Gasteiger partial charge in [-0.25, -0.2) is 0 Å². The van der Waals surface area contributed by atoms with Gasteiger partial charge in [-0.3, -0.25) is 0 Å². The van der Waals surface area contributed by atoms with Crippen molar-refractivity contribution in [2.24, 2.45) is 0 Å². The molecule has 2 aromatic heterocycles. The van der Waals surface area contributed by atoms with Gasteiger partial charge in [0.1, 0.15) is 0 Å². The number of allylic oxidation sites excluding steroid dienone is 6. The Morgan fingerprint density at radius 1 is 0.375 bits per heavy atom. The Hall–Kier alpha value is -6.72. The zero-order chi connectivity index (χ0) is 37.9. The van der Waals surface area contributed by atoms with Crippen LogP contribution in [0.25, 0.3) is 106 Å². The lowest BCUT2D eigenvalue weighted by atomic mass is 9.90. The fourth-order valence-electron chi connectivity index (χ4n) is 8.30. The van der Waals surface area contributed by atoms with E-state index in [-0.39, 0.29) is 0 Å². The van der Waals surface area contributed by atoms with E-state index in [0.717, 1.165) is 22.3 Å². The first-order valence-electron chi connectivity index (χ1n) is 18.5. The van der Waals surface area contributed by atoms with Crippen LogP contribution in [0.1, 0.15) is 11.1 Å². The molecule has 0 aliphatic heterocycles. The van der Waals surface area contributed by atoms with Crippen LogP contribution in [-0.2, 0) is 0 Å². The highest BCUT2D eigenvalue weighted by molar-refractivity contribution is 7.26. The molecule has 0 unspecified atom stereocenters. The van der Waals surface area contributed by atoms with Gasteiger partial charge in [-0.05, 0) is 138 Å². The second kappa shape index (κ2) is 13.5. The van der Waals surface area contributed by atoms with E-state index in [1.807, 2.05) is 34.8 Å². The number of thiophene rings is 2. The Balaban J connectivity index is 1.10. The van der Waals surface area contributed by atoms with Gasteiger partial charge in [0.05, 0.1) is 0 Å². The third kappa shape index (κ3) is 5.45. The maximum absolute atomic E-state index is 7.93. The third-order valence-corrected chi connectivity index (χ3v) is 13.3. The maximum atomic E-state index is 7.93. The van der Waals surface area contributed by atoms with E-state index in [9.17, 15) is 0 Å². The highest BCUT2D eigenvalue weighted by Crippen LogP contribution is 2.43. The molecule has 0 saturated heterocycles. The van der Waals surface area contributed by atoms with Crippen molar-refractivity contribution in [1.29, 1.82) is 10.8 Å². The summed E-state index contributed by atoms with van der Waals surface area (Å²) >= 11 is 3.62. The average Bonchev–Trinajstić information content (AvgIpc) is 3.81. The summed E-state index contributed by atoms with van der Waals surface area (Å²) in [4.78, 5) is 0. The van der Waals surface area contributed by atoms with Crippen molar-refractivity contribution in [3.63, 3.8) is 0 Å². The first kappa shape index (κ1) is 33.8. The Morgan fingerprint density at radius 2 is 0.714 bits per heavy atom. The predicted octanol–water partition coefficient (Wildman–Crippen LogP) is 15.7. The average molecular weight is 751 g/mol. The highest BCUT2D eigenvalue weighted by atomic mass is 32.1. The summed E-state index contributed by atoms with van der Waals surface area (Å²) in [6.45, 7) is 7.67. The van der Waals surface area contributed by atoms with E-state index in [0.29, 0.717) is 0 Å². The Morgan fingerprint density at radius 3 is 1.11 bits per heavy atom. The zero-order valence-corrected chi connectivity index (χ0v) is 32.0. The van der Waals surface area contributed by atoms with Crippen LogP contribution in [0, 0.1) is 10.8 Å². The van der Waals surface area contributed by atoms with Crippen molar-refractivity contribution >= 4 is 119 Å². The maximum Gasteiger partial charge on any atom is 0.0355 e. The van der Waals surface area contributed by atoms with Crippen LogP contribution >= 0.6 is 22.7 Å². The van der Waals surface area contributed by atoms with Gasteiger partial charge >= 0.3 is 0 Å². The normalized spacial score (nSPS) is 12.4. The number of hydrogen-bond acceptors (Lipinski definition) is 4. The van der Waals surface area contributed by atoms with Gasteiger partial charge in [-0.2, -0.15) is 0 Å². The summed E-state index contributed by atoms with van der Waals surface area (Å²) in [5.41, 5.74) is 8.50. The van der Waals surface area contributed by atoms with Gasteiger partial charge in [-0.1, -0.05) is 110 Å². The lowest BCUT2D eigenvalue weighted by molar-refractivity contribution is 1.57. The van der Waals surface area contributed by atoms with Crippen molar-refractivity contribution in [2.75, 3.05) is 0 Å². The SMILES string of the molecule is C=C/C=C(\C=N)c1ccc2sc3ccc(-c4ccc5c6ccc(-c7ccc8sc9ccc(/C(C=N)=C/C=C)cc9c8c7)cc6c6ccccc6c5c4)cc3c2c1. The number of hydrogen-bond donors (Lipinski definition) is 2. The molecule has 10 rings (SSSR count). The first-order valence-corrected chi connectivity index (χ1v) is 20.2. The molecule has 4 heteroatoms. The van der Waals surface area contributed by atoms with Crippen LogP contribution in [0.15, 0.2) is 171 Å². The minimum absolute atomic E-state index is 0.848. The topological polar surface area (TPSA) is 47.7 Å². The molecule has 10 aromatic rings. The summed E-state index contributed by atoms with van der Waals surface area (Å²) in [5.74, 6) is 0.